The fourth-order valence-corrected chi connectivity index (χ4v) is 5.50. The van der Waals surface area contributed by atoms with E-state index in [1.807, 2.05) is 39.0 Å². The number of carbonyl (C=O) groups is 1. The van der Waals surface area contributed by atoms with Gasteiger partial charge in [-0.25, -0.2) is 8.42 Å². The number of aryl methyl sites for hydroxylation is 3. The van der Waals surface area contributed by atoms with E-state index in [4.69, 9.17) is 4.74 Å². The second-order valence-corrected chi connectivity index (χ2v) is 9.49. The molecule has 0 atom stereocenters. The number of nitrogens with zero attached hydrogens (tertiary/aromatic N) is 1. The number of benzene rings is 2. The van der Waals surface area contributed by atoms with Gasteiger partial charge in [0.05, 0.1) is 12.0 Å². The Hall–Kier alpha value is -2.38. The van der Waals surface area contributed by atoms with Crippen LogP contribution in [-0.2, 0) is 10.0 Å². The van der Waals surface area contributed by atoms with Crippen LogP contribution >= 0.6 is 0 Å². The lowest BCUT2D eigenvalue weighted by Crippen LogP contribution is -2.46. The van der Waals surface area contributed by atoms with Crippen molar-refractivity contribution in [3.63, 3.8) is 0 Å². The summed E-state index contributed by atoms with van der Waals surface area (Å²) in [5.74, 6) is 0.604. The summed E-state index contributed by atoms with van der Waals surface area (Å²) >= 11 is 0. The van der Waals surface area contributed by atoms with E-state index in [0.29, 0.717) is 37.2 Å². The molecule has 2 aromatic carbocycles. The number of sulfonamides is 1. The fourth-order valence-electron chi connectivity index (χ4n) is 3.86. The maximum absolute atomic E-state index is 13.1. The van der Waals surface area contributed by atoms with Gasteiger partial charge in [-0.2, -0.15) is 4.31 Å². The van der Waals surface area contributed by atoms with E-state index in [9.17, 15) is 13.2 Å². The Kier molecular flexibility index (Phi) is 6.29. The zero-order valence-electron chi connectivity index (χ0n) is 17.4. The molecule has 0 unspecified atom stereocenters. The topological polar surface area (TPSA) is 75.7 Å². The van der Waals surface area contributed by atoms with Crippen LogP contribution < -0.4 is 10.1 Å². The molecule has 0 spiro atoms. The third-order valence-electron chi connectivity index (χ3n) is 5.45. The highest BCUT2D eigenvalue weighted by molar-refractivity contribution is 7.89. The van der Waals surface area contributed by atoms with E-state index >= 15 is 0 Å². The highest BCUT2D eigenvalue weighted by atomic mass is 32.2. The molecule has 1 aliphatic heterocycles. The normalized spacial score (nSPS) is 15.9. The predicted octanol–water partition coefficient (Wildman–Crippen LogP) is 3.20. The van der Waals surface area contributed by atoms with Crippen LogP contribution in [0.25, 0.3) is 0 Å². The molecule has 7 heteroatoms. The number of nitrogens with one attached hydrogen (secondary N) is 1. The van der Waals surface area contributed by atoms with Crippen LogP contribution in [0.1, 0.15) is 39.9 Å². The van der Waals surface area contributed by atoms with E-state index in [0.717, 1.165) is 16.7 Å². The van der Waals surface area contributed by atoms with E-state index in [-0.39, 0.29) is 16.8 Å². The monoisotopic (exact) mass is 416 g/mol. The van der Waals surface area contributed by atoms with E-state index < -0.39 is 10.0 Å². The van der Waals surface area contributed by atoms with Crippen molar-refractivity contribution in [3.05, 3.63) is 58.7 Å². The van der Waals surface area contributed by atoms with Gasteiger partial charge in [0, 0.05) is 24.7 Å². The van der Waals surface area contributed by atoms with Crippen molar-refractivity contribution in [2.75, 3.05) is 20.2 Å². The minimum absolute atomic E-state index is 0.0344. The maximum Gasteiger partial charge on any atom is 0.251 e. The van der Waals surface area contributed by atoms with Gasteiger partial charge in [-0.3, -0.25) is 4.79 Å². The maximum atomic E-state index is 13.1. The Labute approximate surface area is 172 Å². The summed E-state index contributed by atoms with van der Waals surface area (Å²) < 4.78 is 33.0. The molecular weight excluding hydrogens is 388 g/mol. The minimum atomic E-state index is -3.58. The molecule has 1 saturated heterocycles. The molecule has 3 rings (SSSR count). The summed E-state index contributed by atoms with van der Waals surface area (Å²) in [7, 11) is -1.99. The molecule has 0 radical (unpaired) electrons. The van der Waals surface area contributed by atoms with E-state index in [1.54, 1.807) is 25.3 Å². The van der Waals surface area contributed by atoms with E-state index in [2.05, 4.69) is 5.32 Å². The molecule has 2 aromatic rings. The molecule has 1 fully saturated rings. The van der Waals surface area contributed by atoms with Gasteiger partial charge < -0.3 is 10.1 Å². The molecule has 0 saturated carbocycles. The second-order valence-electron chi connectivity index (χ2n) is 7.56. The van der Waals surface area contributed by atoms with Crippen LogP contribution in [0.3, 0.4) is 0 Å². The second kappa shape index (κ2) is 8.55. The number of rotatable bonds is 5. The molecule has 0 bridgehead atoms. The molecule has 0 aromatic heterocycles. The lowest BCUT2D eigenvalue weighted by atomic mass is 10.0. The SMILES string of the molecule is COc1c(C)cc(S(=O)(=O)N2CCC(NC(=O)c3ccccc3C)CC2)cc1C. The number of ether oxygens (including phenoxy) is 1. The summed E-state index contributed by atoms with van der Waals surface area (Å²) in [6.45, 7) is 6.36. The summed E-state index contributed by atoms with van der Waals surface area (Å²) in [5, 5.41) is 3.04. The highest BCUT2D eigenvalue weighted by Crippen LogP contribution is 2.29. The van der Waals surface area contributed by atoms with Crippen molar-refractivity contribution in [3.8, 4) is 5.75 Å². The first-order chi connectivity index (χ1) is 13.7. The molecule has 1 aliphatic rings. The number of hydrogen-bond acceptors (Lipinski definition) is 4. The number of amides is 1. The molecule has 6 nitrogen and oxygen atoms in total. The van der Waals surface area contributed by atoms with Crippen molar-refractivity contribution >= 4 is 15.9 Å². The third kappa shape index (κ3) is 4.46. The lowest BCUT2D eigenvalue weighted by Gasteiger charge is -2.32. The quantitative estimate of drug-likeness (QED) is 0.812. The Balaban J connectivity index is 1.67. The first kappa shape index (κ1) is 21.3. The first-order valence-corrected chi connectivity index (χ1v) is 11.2. The summed E-state index contributed by atoms with van der Waals surface area (Å²) in [4.78, 5) is 12.8. The summed E-state index contributed by atoms with van der Waals surface area (Å²) in [6, 6.07) is 10.7. The zero-order chi connectivity index (χ0) is 21.2. The third-order valence-corrected chi connectivity index (χ3v) is 7.33. The molecule has 29 heavy (non-hydrogen) atoms. The number of hydrogen-bond donors (Lipinski definition) is 1. The van der Waals surface area contributed by atoms with Crippen LogP contribution in [0.4, 0.5) is 0 Å². The van der Waals surface area contributed by atoms with Crippen molar-refractivity contribution in [1.82, 2.24) is 9.62 Å². The first-order valence-electron chi connectivity index (χ1n) is 9.76. The molecular formula is C22H28N2O4S. The van der Waals surface area contributed by atoms with Gasteiger partial charge in [0.15, 0.2) is 0 Å². The summed E-state index contributed by atoms with van der Waals surface area (Å²) in [6.07, 6.45) is 1.18. The van der Waals surface area contributed by atoms with Crippen LogP contribution in [0.2, 0.25) is 0 Å². The van der Waals surface area contributed by atoms with Crippen LogP contribution in [0.5, 0.6) is 5.75 Å². The number of methoxy groups -OCH3 is 1. The van der Waals surface area contributed by atoms with Gasteiger partial charge in [0.2, 0.25) is 10.0 Å². The van der Waals surface area contributed by atoms with Crippen molar-refractivity contribution < 1.29 is 17.9 Å². The van der Waals surface area contributed by atoms with Crippen molar-refractivity contribution in [2.45, 2.75) is 44.6 Å². The molecule has 0 aliphatic carbocycles. The largest absolute Gasteiger partial charge is 0.496 e. The van der Waals surface area contributed by atoms with Crippen LogP contribution in [0, 0.1) is 20.8 Å². The fraction of sp³-hybridized carbons (Fsp3) is 0.409. The average Bonchev–Trinajstić information content (AvgIpc) is 2.68. The van der Waals surface area contributed by atoms with E-state index in [1.165, 1.54) is 4.31 Å². The highest BCUT2D eigenvalue weighted by Gasteiger charge is 2.31. The molecule has 1 heterocycles. The van der Waals surface area contributed by atoms with Gasteiger partial charge >= 0.3 is 0 Å². The smallest absolute Gasteiger partial charge is 0.251 e. The Morgan fingerprint density at radius 1 is 1.03 bits per heavy atom. The molecule has 156 valence electrons. The van der Waals surface area contributed by atoms with Gasteiger partial charge in [-0.05, 0) is 68.5 Å². The standard InChI is InChI=1S/C22H28N2O4S/c1-15-7-5-6-8-20(15)22(25)23-18-9-11-24(12-10-18)29(26,27)19-13-16(2)21(28-4)17(3)14-19/h5-8,13-14,18H,9-12H2,1-4H3,(H,23,25). The Morgan fingerprint density at radius 3 is 2.17 bits per heavy atom. The van der Waals surface area contributed by atoms with Crippen molar-refractivity contribution in [2.24, 2.45) is 0 Å². The summed E-state index contributed by atoms with van der Waals surface area (Å²) in [5.41, 5.74) is 3.18. The van der Waals surface area contributed by atoms with Gasteiger partial charge in [0.1, 0.15) is 5.75 Å². The molecule has 1 N–H and O–H groups in total. The molecule has 1 amide bonds. The minimum Gasteiger partial charge on any atom is -0.496 e. The van der Waals surface area contributed by atoms with Crippen LogP contribution in [-0.4, -0.2) is 44.9 Å². The van der Waals surface area contributed by atoms with Gasteiger partial charge in [-0.15, -0.1) is 0 Å². The predicted molar refractivity (Wildman–Crippen MR) is 113 cm³/mol. The van der Waals surface area contributed by atoms with Crippen molar-refractivity contribution in [1.29, 1.82) is 0 Å². The number of piperidine rings is 1. The van der Waals surface area contributed by atoms with Gasteiger partial charge in [-0.1, -0.05) is 18.2 Å². The van der Waals surface area contributed by atoms with Gasteiger partial charge in [0.25, 0.3) is 5.91 Å². The van der Waals surface area contributed by atoms with Crippen LogP contribution in [0.15, 0.2) is 41.3 Å². The Bertz CT molecular complexity index is 986. The Morgan fingerprint density at radius 2 is 1.62 bits per heavy atom. The zero-order valence-corrected chi connectivity index (χ0v) is 18.2. The number of carbonyl (C=O) groups excluding carboxylic acids is 1. The lowest BCUT2D eigenvalue weighted by molar-refractivity contribution is 0.0923. The average molecular weight is 417 g/mol.